The molecule has 0 bridgehead atoms. The average molecular weight is 309 g/mol. The standard InChI is InChI=1S/C18H15NO2S/c1-12-8-6-7-11-15(12)21-18(20)16-17(22-13(2)19-16)14-9-4-3-5-10-14/h3-11H,1-2H3. The molecule has 3 aromatic rings. The highest BCUT2D eigenvalue weighted by Crippen LogP contribution is 2.31. The highest BCUT2D eigenvalue weighted by atomic mass is 32.1. The van der Waals surface area contributed by atoms with Crippen molar-refractivity contribution in [3.63, 3.8) is 0 Å². The van der Waals surface area contributed by atoms with Crippen LogP contribution in [0.25, 0.3) is 10.4 Å². The normalized spacial score (nSPS) is 10.5. The Morgan fingerprint density at radius 2 is 1.68 bits per heavy atom. The fourth-order valence-corrected chi connectivity index (χ4v) is 3.08. The Bertz CT molecular complexity index is 809. The molecule has 0 radical (unpaired) electrons. The largest absolute Gasteiger partial charge is 0.421 e. The number of aryl methyl sites for hydroxylation is 2. The fourth-order valence-electron chi connectivity index (χ4n) is 2.17. The molecule has 4 heteroatoms. The van der Waals surface area contributed by atoms with Crippen LogP contribution in [0, 0.1) is 13.8 Å². The van der Waals surface area contributed by atoms with E-state index in [1.807, 2.05) is 62.4 Å². The number of aromatic nitrogens is 1. The van der Waals surface area contributed by atoms with E-state index in [-0.39, 0.29) is 0 Å². The highest BCUT2D eigenvalue weighted by Gasteiger charge is 2.20. The molecule has 0 aliphatic rings. The number of thiazole rings is 1. The molecule has 3 nitrogen and oxygen atoms in total. The lowest BCUT2D eigenvalue weighted by Crippen LogP contribution is -2.11. The number of para-hydroxylation sites is 1. The Labute approximate surface area is 133 Å². The summed E-state index contributed by atoms with van der Waals surface area (Å²) in [6, 6.07) is 17.2. The van der Waals surface area contributed by atoms with Gasteiger partial charge in [0, 0.05) is 0 Å². The van der Waals surface area contributed by atoms with Gasteiger partial charge in [0.1, 0.15) is 5.75 Å². The lowest BCUT2D eigenvalue weighted by molar-refractivity contribution is 0.0729. The van der Waals surface area contributed by atoms with Crippen LogP contribution in [0.1, 0.15) is 21.1 Å². The number of nitrogens with zero attached hydrogens (tertiary/aromatic N) is 1. The van der Waals surface area contributed by atoms with Gasteiger partial charge in [-0.05, 0) is 31.0 Å². The molecule has 3 rings (SSSR count). The van der Waals surface area contributed by atoms with E-state index in [1.54, 1.807) is 6.07 Å². The smallest absolute Gasteiger partial charge is 0.363 e. The molecule has 110 valence electrons. The van der Waals surface area contributed by atoms with Crippen LogP contribution >= 0.6 is 11.3 Å². The van der Waals surface area contributed by atoms with Crippen molar-refractivity contribution in [1.82, 2.24) is 4.98 Å². The Hall–Kier alpha value is -2.46. The van der Waals surface area contributed by atoms with Crippen LogP contribution in [0.5, 0.6) is 5.75 Å². The van der Waals surface area contributed by atoms with Crippen molar-refractivity contribution in [1.29, 1.82) is 0 Å². The molecule has 0 atom stereocenters. The minimum absolute atomic E-state index is 0.372. The van der Waals surface area contributed by atoms with E-state index in [1.165, 1.54) is 11.3 Å². The summed E-state index contributed by atoms with van der Waals surface area (Å²) in [6.45, 7) is 3.80. The predicted octanol–water partition coefficient (Wildman–Crippen LogP) is 4.65. The Kier molecular flexibility index (Phi) is 4.02. The minimum Gasteiger partial charge on any atom is -0.421 e. The average Bonchev–Trinajstić information content (AvgIpc) is 2.92. The Morgan fingerprint density at radius 1 is 1.00 bits per heavy atom. The lowest BCUT2D eigenvalue weighted by atomic mass is 10.1. The molecule has 0 N–H and O–H groups in total. The minimum atomic E-state index is -0.419. The maximum Gasteiger partial charge on any atom is 0.363 e. The number of hydrogen-bond donors (Lipinski definition) is 0. The molecule has 0 fully saturated rings. The van der Waals surface area contributed by atoms with Crippen molar-refractivity contribution in [3.05, 3.63) is 70.9 Å². The van der Waals surface area contributed by atoms with Crippen LogP contribution in [0.2, 0.25) is 0 Å². The zero-order chi connectivity index (χ0) is 15.5. The van der Waals surface area contributed by atoms with Crippen LogP contribution in [-0.2, 0) is 0 Å². The van der Waals surface area contributed by atoms with Crippen LogP contribution in [0.15, 0.2) is 54.6 Å². The summed E-state index contributed by atoms with van der Waals surface area (Å²) in [5.41, 5.74) is 2.27. The van der Waals surface area contributed by atoms with Gasteiger partial charge < -0.3 is 4.74 Å². The second-order valence-electron chi connectivity index (χ2n) is 4.93. The van der Waals surface area contributed by atoms with E-state index in [0.717, 1.165) is 21.0 Å². The fraction of sp³-hybridized carbons (Fsp3) is 0.111. The van der Waals surface area contributed by atoms with Gasteiger partial charge in [0.25, 0.3) is 0 Å². The van der Waals surface area contributed by atoms with E-state index in [4.69, 9.17) is 4.74 Å². The molecule has 0 aliphatic heterocycles. The summed E-state index contributed by atoms with van der Waals surface area (Å²) in [5.74, 6) is 0.148. The SMILES string of the molecule is Cc1nc(C(=O)Oc2ccccc2C)c(-c2ccccc2)s1. The molecule has 0 saturated heterocycles. The number of benzene rings is 2. The zero-order valence-electron chi connectivity index (χ0n) is 12.4. The summed E-state index contributed by atoms with van der Waals surface area (Å²) in [4.78, 5) is 17.7. The molecule has 1 heterocycles. The number of carbonyl (C=O) groups excluding carboxylic acids is 1. The molecule has 0 amide bonds. The summed E-state index contributed by atoms with van der Waals surface area (Å²) >= 11 is 1.50. The van der Waals surface area contributed by atoms with Crippen molar-refractivity contribution in [2.24, 2.45) is 0 Å². The summed E-state index contributed by atoms with van der Waals surface area (Å²) in [7, 11) is 0. The third kappa shape index (κ3) is 2.92. The van der Waals surface area contributed by atoms with Gasteiger partial charge in [0.2, 0.25) is 0 Å². The van der Waals surface area contributed by atoms with Crippen molar-refractivity contribution in [2.75, 3.05) is 0 Å². The predicted molar refractivity (Wildman–Crippen MR) is 88.4 cm³/mol. The first kappa shape index (κ1) is 14.5. The summed E-state index contributed by atoms with van der Waals surface area (Å²) in [5, 5.41) is 0.843. The van der Waals surface area contributed by atoms with Crippen molar-refractivity contribution in [2.45, 2.75) is 13.8 Å². The van der Waals surface area contributed by atoms with E-state index >= 15 is 0 Å². The number of carbonyl (C=O) groups is 1. The van der Waals surface area contributed by atoms with Gasteiger partial charge >= 0.3 is 5.97 Å². The zero-order valence-corrected chi connectivity index (χ0v) is 13.2. The molecular weight excluding hydrogens is 294 g/mol. The second kappa shape index (κ2) is 6.12. The van der Waals surface area contributed by atoms with E-state index in [9.17, 15) is 4.79 Å². The van der Waals surface area contributed by atoms with Gasteiger partial charge in [-0.25, -0.2) is 9.78 Å². The molecule has 22 heavy (non-hydrogen) atoms. The van der Waals surface area contributed by atoms with Crippen LogP contribution in [-0.4, -0.2) is 11.0 Å². The van der Waals surface area contributed by atoms with Crippen molar-refractivity contribution in [3.8, 4) is 16.2 Å². The first-order valence-electron chi connectivity index (χ1n) is 6.96. The molecule has 0 saturated carbocycles. The molecule has 0 spiro atoms. The number of hydrogen-bond acceptors (Lipinski definition) is 4. The lowest BCUT2D eigenvalue weighted by Gasteiger charge is -2.06. The van der Waals surface area contributed by atoms with Crippen molar-refractivity contribution < 1.29 is 9.53 Å². The third-order valence-corrected chi connectivity index (χ3v) is 4.28. The second-order valence-corrected chi connectivity index (χ2v) is 6.13. The number of esters is 1. The third-order valence-electron chi connectivity index (χ3n) is 3.26. The molecule has 1 aromatic heterocycles. The maximum atomic E-state index is 12.5. The van der Waals surface area contributed by atoms with Gasteiger partial charge in [-0.2, -0.15) is 0 Å². The van der Waals surface area contributed by atoms with Gasteiger partial charge in [-0.1, -0.05) is 48.5 Å². The Balaban J connectivity index is 1.95. The monoisotopic (exact) mass is 309 g/mol. The highest BCUT2D eigenvalue weighted by molar-refractivity contribution is 7.15. The van der Waals surface area contributed by atoms with Gasteiger partial charge in [0.05, 0.1) is 9.88 Å². The topological polar surface area (TPSA) is 39.2 Å². The van der Waals surface area contributed by atoms with Crippen LogP contribution in [0.3, 0.4) is 0 Å². The van der Waals surface area contributed by atoms with E-state index < -0.39 is 5.97 Å². The van der Waals surface area contributed by atoms with Gasteiger partial charge in [-0.3, -0.25) is 0 Å². The van der Waals surface area contributed by atoms with Gasteiger partial charge in [-0.15, -0.1) is 11.3 Å². The number of rotatable bonds is 3. The van der Waals surface area contributed by atoms with Gasteiger partial charge in [0.15, 0.2) is 5.69 Å². The van der Waals surface area contributed by atoms with Crippen LogP contribution in [0.4, 0.5) is 0 Å². The molecule has 0 unspecified atom stereocenters. The molecular formula is C18H15NO2S. The van der Waals surface area contributed by atoms with E-state index in [0.29, 0.717) is 11.4 Å². The first-order chi connectivity index (χ1) is 10.6. The summed E-state index contributed by atoms with van der Waals surface area (Å²) < 4.78 is 5.51. The molecule has 2 aromatic carbocycles. The van der Waals surface area contributed by atoms with Crippen molar-refractivity contribution >= 4 is 17.3 Å². The summed E-state index contributed by atoms with van der Waals surface area (Å²) in [6.07, 6.45) is 0. The van der Waals surface area contributed by atoms with E-state index in [2.05, 4.69) is 4.98 Å². The van der Waals surface area contributed by atoms with Crippen LogP contribution < -0.4 is 4.74 Å². The first-order valence-corrected chi connectivity index (χ1v) is 7.77. The Morgan fingerprint density at radius 3 is 2.41 bits per heavy atom. The molecule has 0 aliphatic carbocycles. The quantitative estimate of drug-likeness (QED) is 0.522. The number of ether oxygens (including phenoxy) is 1. The maximum absolute atomic E-state index is 12.5.